The van der Waals surface area contributed by atoms with Gasteiger partial charge in [-0.15, -0.1) is 0 Å². The number of carbonyl (C=O) groups excluding carboxylic acids is 1. The molecule has 0 heterocycles. The Hall–Kier alpha value is -1.93. The average molecular weight is 314 g/mol. The van der Waals surface area contributed by atoms with Crippen LogP contribution in [0.3, 0.4) is 0 Å². The normalized spacial score (nSPS) is 12.9. The lowest BCUT2D eigenvalue weighted by Gasteiger charge is -2.19. The predicted molar refractivity (Wildman–Crippen MR) is 77.1 cm³/mol. The number of benzene rings is 1. The maximum absolute atomic E-state index is 11.9. The smallest absolute Gasteiger partial charge is 0.305 e. The van der Waals surface area contributed by atoms with Gasteiger partial charge in [-0.3, -0.25) is 9.59 Å². The summed E-state index contributed by atoms with van der Waals surface area (Å²) in [6, 6.07) is 7.95. The number of nitrogens with one attached hydrogen (secondary N) is 1. The molecule has 1 unspecified atom stereocenters. The monoisotopic (exact) mass is 314 g/mol. The Kier molecular flexibility index (Phi) is 5.86. The Morgan fingerprint density at radius 2 is 1.86 bits per heavy atom. The van der Waals surface area contributed by atoms with Gasteiger partial charge in [0.05, 0.1) is 25.3 Å². The van der Waals surface area contributed by atoms with Crippen LogP contribution in [-0.2, 0) is 19.6 Å². The molecule has 2 N–H and O–H groups in total. The zero-order chi connectivity index (χ0) is 16.0. The SMILES string of the molecule is CN(CC(=O)NC(CC(=O)O)c1ccccc1)S(C)(=O)=O. The highest BCUT2D eigenvalue weighted by Crippen LogP contribution is 2.16. The summed E-state index contributed by atoms with van der Waals surface area (Å²) in [4.78, 5) is 22.7. The molecule has 7 nitrogen and oxygen atoms in total. The Balaban J connectivity index is 2.78. The van der Waals surface area contributed by atoms with Crippen molar-refractivity contribution >= 4 is 21.9 Å². The van der Waals surface area contributed by atoms with Crippen LogP contribution in [-0.4, -0.2) is 49.6 Å². The Morgan fingerprint density at radius 3 is 2.33 bits per heavy atom. The third-order valence-electron chi connectivity index (χ3n) is 2.85. The van der Waals surface area contributed by atoms with E-state index in [1.807, 2.05) is 0 Å². The maximum Gasteiger partial charge on any atom is 0.305 e. The number of nitrogens with zero attached hydrogens (tertiary/aromatic N) is 1. The summed E-state index contributed by atoms with van der Waals surface area (Å²) in [5, 5.41) is 11.5. The summed E-state index contributed by atoms with van der Waals surface area (Å²) in [5.74, 6) is -1.61. The highest BCUT2D eigenvalue weighted by Gasteiger charge is 2.20. The van der Waals surface area contributed by atoms with E-state index in [9.17, 15) is 18.0 Å². The van der Waals surface area contributed by atoms with Crippen molar-refractivity contribution in [2.45, 2.75) is 12.5 Å². The molecule has 0 radical (unpaired) electrons. The first kappa shape index (κ1) is 17.1. The van der Waals surface area contributed by atoms with Gasteiger partial charge in [-0.1, -0.05) is 30.3 Å². The van der Waals surface area contributed by atoms with E-state index in [1.165, 1.54) is 7.05 Å². The van der Waals surface area contributed by atoms with Gasteiger partial charge < -0.3 is 10.4 Å². The molecule has 8 heteroatoms. The lowest BCUT2D eigenvalue weighted by molar-refractivity contribution is -0.137. The van der Waals surface area contributed by atoms with E-state index in [-0.39, 0.29) is 13.0 Å². The molecular weight excluding hydrogens is 296 g/mol. The van der Waals surface area contributed by atoms with Crippen molar-refractivity contribution < 1.29 is 23.1 Å². The van der Waals surface area contributed by atoms with Gasteiger partial charge in [0, 0.05) is 7.05 Å². The van der Waals surface area contributed by atoms with Gasteiger partial charge in [-0.05, 0) is 5.56 Å². The minimum Gasteiger partial charge on any atom is -0.481 e. The van der Waals surface area contributed by atoms with Crippen LogP contribution < -0.4 is 5.32 Å². The fourth-order valence-corrected chi connectivity index (χ4v) is 2.02. The van der Waals surface area contributed by atoms with Crippen LogP contribution in [0.1, 0.15) is 18.0 Å². The molecule has 0 aliphatic carbocycles. The van der Waals surface area contributed by atoms with Gasteiger partial charge in [0.15, 0.2) is 0 Å². The van der Waals surface area contributed by atoms with Gasteiger partial charge in [0.1, 0.15) is 0 Å². The molecule has 1 aromatic carbocycles. The molecule has 1 amide bonds. The van der Waals surface area contributed by atoms with E-state index in [4.69, 9.17) is 5.11 Å². The van der Waals surface area contributed by atoms with Gasteiger partial charge in [0.2, 0.25) is 15.9 Å². The Morgan fingerprint density at radius 1 is 1.29 bits per heavy atom. The summed E-state index contributed by atoms with van der Waals surface area (Å²) < 4.78 is 23.4. The van der Waals surface area contributed by atoms with E-state index >= 15 is 0 Å². The van der Waals surface area contributed by atoms with E-state index in [2.05, 4.69) is 5.32 Å². The van der Waals surface area contributed by atoms with Crippen molar-refractivity contribution in [1.29, 1.82) is 0 Å². The van der Waals surface area contributed by atoms with Crippen LogP contribution in [0.15, 0.2) is 30.3 Å². The molecule has 0 saturated carbocycles. The van der Waals surface area contributed by atoms with Gasteiger partial charge >= 0.3 is 5.97 Å². The number of sulfonamides is 1. The molecule has 116 valence electrons. The van der Waals surface area contributed by atoms with Crippen LogP contribution >= 0.6 is 0 Å². The topological polar surface area (TPSA) is 104 Å². The average Bonchev–Trinajstić information content (AvgIpc) is 2.37. The fourth-order valence-electron chi connectivity index (χ4n) is 1.67. The molecule has 1 rings (SSSR count). The molecule has 21 heavy (non-hydrogen) atoms. The number of carboxylic acid groups (broad SMARTS) is 1. The predicted octanol–water partition coefficient (Wildman–Crippen LogP) is 0.210. The number of carbonyl (C=O) groups is 2. The summed E-state index contributed by atoms with van der Waals surface area (Å²) in [5.41, 5.74) is 0.648. The second-order valence-corrected chi connectivity index (χ2v) is 6.74. The third kappa shape index (κ3) is 5.92. The van der Waals surface area contributed by atoms with E-state index < -0.39 is 27.9 Å². The largest absolute Gasteiger partial charge is 0.481 e. The van der Waals surface area contributed by atoms with Gasteiger partial charge in [-0.25, -0.2) is 8.42 Å². The first-order valence-electron chi connectivity index (χ1n) is 6.17. The molecule has 0 aliphatic heterocycles. The quantitative estimate of drug-likeness (QED) is 0.749. The molecule has 0 fully saturated rings. The molecule has 0 aromatic heterocycles. The van der Waals surface area contributed by atoms with Gasteiger partial charge in [-0.2, -0.15) is 4.31 Å². The summed E-state index contributed by atoms with van der Waals surface area (Å²) in [7, 11) is -2.18. The van der Waals surface area contributed by atoms with Crippen LogP contribution in [0.5, 0.6) is 0 Å². The number of hydrogen-bond donors (Lipinski definition) is 2. The summed E-state index contributed by atoms with van der Waals surface area (Å²) in [6.07, 6.45) is 0.713. The van der Waals surface area contributed by atoms with E-state index in [0.29, 0.717) is 5.56 Å². The second-order valence-electron chi connectivity index (χ2n) is 4.65. The van der Waals surface area contributed by atoms with Crippen molar-refractivity contribution in [2.75, 3.05) is 19.8 Å². The zero-order valence-corrected chi connectivity index (χ0v) is 12.6. The fraction of sp³-hybridized carbons (Fsp3) is 0.385. The van der Waals surface area contributed by atoms with Crippen molar-refractivity contribution in [3.63, 3.8) is 0 Å². The van der Waals surface area contributed by atoms with E-state index in [1.54, 1.807) is 30.3 Å². The molecule has 0 bridgehead atoms. The van der Waals surface area contributed by atoms with Crippen molar-refractivity contribution in [3.05, 3.63) is 35.9 Å². The summed E-state index contributed by atoms with van der Waals surface area (Å²) >= 11 is 0. The maximum atomic E-state index is 11.9. The highest BCUT2D eigenvalue weighted by molar-refractivity contribution is 7.88. The lowest BCUT2D eigenvalue weighted by Crippen LogP contribution is -2.39. The molecular formula is C13H18N2O5S. The standard InChI is InChI=1S/C13H18N2O5S/c1-15(21(2,19)20)9-12(16)14-11(8-13(17)18)10-6-4-3-5-7-10/h3-7,11H,8-9H2,1-2H3,(H,14,16)(H,17,18). The summed E-state index contributed by atoms with van der Waals surface area (Å²) in [6.45, 7) is -0.359. The van der Waals surface area contributed by atoms with Crippen LogP contribution in [0.4, 0.5) is 0 Å². The lowest BCUT2D eigenvalue weighted by atomic mass is 10.0. The molecule has 1 aromatic rings. The minimum absolute atomic E-state index is 0.279. The number of likely N-dealkylation sites (N-methyl/N-ethyl adjacent to an activating group) is 1. The number of amides is 1. The first-order chi connectivity index (χ1) is 9.70. The van der Waals surface area contributed by atoms with E-state index in [0.717, 1.165) is 10.6 Å². The second kappa shape index (κ2) is 7.19. The number of rotatable bonds is 7. The van der Waals surface area contributed by atoms with Crippen molar-refractivity contribution in [3.8, 4) is 0 Å². The van der Waals surface area contributed by atoms with Crippen LogP contribution in [0, 0.1) is 0 Å². The van der Waals surface area contributed by atoms with Gasteiger partial charge in [0.25, 0.3) is 0 Å². The zero-order valence-electron chi connectivity index (χ0n) is 11.8. The van der Waals surface area contributed by atoms with Crippen molar-refractivity contribution in [1.82, 2.24) is 9.62 Å². The molecule has 1 atom stereocenters. The van der Waals surface area contributed by atoms with Crippen LogP contribution in [0.2, 0.25) is 0 Å². The number of aliphatic carboxylic acids is 1. The molecule has 0 spiro atoms. The molecule has 0 aliphatic rings. The highest BCUT2D eigenvalue weighted by atomic mass is 32.2. The number of carboxylic acids is 1. The Bertz CT molecular complexity index is 600. The minimum atomic E-state index is -3.47. The van der Waals surface area contributed by atoms with Crippen LogP contribution in [0.25, 0.3) is 0 Å². The third-order valence-corrected chi connectivity index (χ3v) is 4.11. The first-order valence-corrected chi connectivity index (χ1v) is 8.02. The van der Waals surface area contributed by atoms with Crippen molar-refractivity contribution in [2.24, 2.45) is 0 Å². The Labute approximate surface area is 123 Å². The number of hydrogen-bond acceptors (Lipinski definition) is 4. The molecule has 0 saturated heterocycles.